The van der Waals surface area contributed by atoms with Crippen LogP contribution in [0.5, 0.6) is 0 Å². The monoisotopic (exact) mass is 488 g/mol. The Morgan fingerprint density at radius 1 is 1.20 bits per heavy atom. The molecule has 0 saturated carbocycles. The van der Waals surface area contributed by atoms with Gasteiger partial charge >= 0.3 is 0 Å². The van der Waals surface area contributed by atoms with Crippen LogP contribution in [0.3, 0.4) is 0 Å². The lowest BCUT2D eigenvalue weighted by molar-refractivity contribution is 0.602. The average molecular weight is 489 g/mol. The van der Waals surface area contributed by atoms with Crippen molar-refractivity contribution >= 4 is 34.0 Å². The SMILES string of the molecule is CC(N=O)c1c[nH]c2ncnc(N3CCC[C@H]3c3nn4ccc(Cl)c4c(=O)n3-c3ccccc3)c12. The van der Waals surface area contributed by atoms with Gasteiger partial charge in [-0.1, -0.05) is 35.0 Å². The summed E-state index contributed by atoms with van der Waals surface area (Å²) in [6, 6.07) is 10.3. The number of para-hydroxylation sites is 1. The van der Waals surface area contributed by atoms with Crippen LogP contribution in [0.4, 0.5) is 5.82 Å². The molecule has 1 fully saturated rings. The molecule has 5 heterocycles. The quantitative estimate of drug-likeness (QED) is 0.362. The molecular weight excluding hydrogens is 468 g/mol. The van der Waals surface area contributed by atoms with E-state index in [1.54, 1.807) is 34.5 Å². The van der Waals surface area contributed by atoms with Gasteiger partial charge in [0.1, 0.15) is 29.4 Å². The number of nitrogens with zero attached hydrogens (tertiary/aromatic N) is 7. The number of halogens is 1. The third kappa shape index (κ3) is 3.32. The molecule has 5 aromatic rings. The first-order valence-electron chi connectivity index (χ1n) is 11.3. The molecule has 1 aliphatic heterocycles. The summed E-state index contributed by atoms with van der Waals surface area (Å²) in [6.45, 7) is 2.45. The van der Waals surface area contributed by atoms with Crippen LogP contribution in [0.15, 0.2) is 65.1 Å². The second kappa shape index (κ2) is 8.31. The van der Waals surface area contributed by atoms with Gasteiger partial charge in [-0.3, -0.25) is 9.36 Å². The zero-order valence-electron chi connectivity index (χ0n) is 18.8. The van der Waals surface area contributed by atoms with Gasteiger partial charge in [0, 0.05) is 24.5 Å². The summed E-state index contributed by atoms with van der Waals surface area (Å²) in [5.74, 6) is 1.27. The minimum absolute atomic E-state index is 0.239. The molecule has 35 heavy (non-hydrogen) atoms. The molecule has 176 valence electrons. The van der Waals surface area contributed by atoms with Crippen molar-refractivity contribution in [2.45, 2.75) is 31.8 Å². The zero-order valence-corrected chi connectivity index (χ0v) is 19.6. The smallest absolute Gasteiger partial charge is 0.284 e. The van der Waals surface area contributed by atoms with Crippen LogP contribution in [-0.2, 0) is 0 Å². The lowest BCUT2D eigenvalue weighted by Gasteiger charge is -2.28. The molecule has 1 aromatic carbocycles. The van der Waals surface area contributed by atoms with Gasteiger partial charge in [-0.15, -0.1) is 0 Å². The molecule has 1 N–H and O–H groups in total. The van der Waals surface area contributed by atoms with E-state index in [9.17, 15) is 9.70 Å². The fraction of sp³-hybridized carbons (Fsp3) is 0.250. The molecule has 1 unspecified atom stereocenters. The molecule has 11 heteroatoms. The van der Waals surface area contributed by atoms with Crippen molar-refractivity contribution < 1.29 is 0 Å². The molecule has 0 aliphatic carbocycles. The maximum absolute atomic E-state index is 13.7. The number of hydrogen-bond acceptors (Lipinski definition) is 7. The first-order chi connectivity index (χ1) is 17.1. The maximum Gasteiger partial charge on any atom is 0.284 e. The zero-order chi connectivity index (χ0) is 24.1. The van der Waals surface area contributed by atoms with Gasteiger partial charge < -0.3 is 9.88 Å². The van der Waals surface area contributed by atoms with Gasteiger partial charge in [0.2, 0.25) is 0 Å². The number of aromatic amines is 1. The van der Waals surface area contributed by atoms with Crippen molar-refractivity contribution in [1.29, 1.82) is 0 Å². The van der Waals surface area contributed by atoms with Crippen molar-refractivity contribution in [3.63, 3.8) is 0 Å². The highest BCUT2D eigenvalue weighted by molar-refractivity contribution is 6.33. The average Bonchev–Trinajstić information content (AvgIpc) is 3.62. The normalized spacial score (nSPS) is 16.9. The third-order valence-electron chi connectivity index (χ3n) is 6.59. The van der Waals surface area contributed by atoms with E-state index in [1.807, 2.05) is 30.3 Å². The lowest BCUT2D eigenvalue weighted by Crippen LogP contribution is -2.33. The standard InChI is InChI=1S/C24H21ClN8O2/c1-14(30-35)16-12-26-21-19(16)23(28-13-27-21)31-10-5-8-18(31)22-29-32-11-9-17(25)20(32)24(34)33(22)15-6-3-2-4-7-15/h2-4,6-7,9,11-14,18H,5,8,10H2,1H3,(H,26,27,28)/t14?,18-/m0/s1. The summed E-state index contributed by atoms with van der Waals surface area (Å²) >= 11 is 6.35. The highest BCUT2D eigenvalue weighted by Gasteiger charge is 2.34. The summed E-state index contributed by atoms with van der Waals surface area (Å²) < 4.78 is 3.18. The van der Waals surface area contributed by atoms with Crippen molar-refractivity contribution in [2.24, 2.45) is 5.18 Å². The van der Waals surface area contributed by atoms with E-state index in [-0.39, 0.29) is 11.6 Å². The van der Waals surface area contributed by atoms with E-state index in [4.69, 9.17) is 16.7 Å². The Bertz CT molecular complexity index is 1620. The predicted molar refractivity (Wildman–Crippen MR) is 133 cm³/mol. The molecule has 1 aliphatic rings. The summed E-state index contributed by atoms with van der Waals surface area (Å²) in [4.78, 5) is 39.3. The molecule has 0 amide bonds. The van der Waals surface area contributed by atoms with Crippen LogP contribution in [-0.4, -0.2) is 35.7 Å². The summed E-state index contributed by atoms with van der Waals surface area (Å²) in [5.41, 5.74) is 2.16. The number of nitroso groups, excluding NO2 is 1. The Balaban J connectivity index is 1.58. The molecular formula is C24H21ClN8O2. The minimum Gasteiger partial charge on any atom is -0.346 e. The van der Waals surface area contributed by atoms with Gasteiger partial charge in [0.05, 0.1) is 22.1 Å². The van der Waals surface area contributed by atoms with Gasteiger partial charge in [-0.25, -0.2) is 14.5 Å². The van der Waals surface area contributed by atoms with E-state index in [2.05, 4.69) is 25.0 Å². The van der Waals surface area contributed by atoms with Crippen molar-refractivity contribution in [2.75, 3.05) is 11.4 Å². The van der Waals surface area contributed by atoms with Crippen molar-refractivity contribution in [3.8, 4) is 5.69 Å². The summed E-state index contributed by atoms with van der Waals surface area (Å²) in [5, 5.41) is 9.18. The van der Waals surface area contributed by atoms with Crippen LogP contribution < -0.4 is 10.5 Å². The Kier molecular flexibility index (Phi) is 5.10. The Morgan fingerprint density at radius 2 is 2.03 bits per heavy atom. The number of rotatable bonds is 5. The van der Waals surface area contributed by atoms with Crippen molar-refractivity contribution in [1.82, 2.24) is 29.1 Å². The van der Waals surface area contributed by atoms with Gasteiger partial charge in [0.25, 0.3) is 5.56 Å². The van der Waals surface area contributed by atoms with E-state index in [1.165, 1.54) is 6.33 Å². The topological polar surface area (TPSA) is 114 Å². The molecule has 1 saturated heterocycles. The molecule has 0 radical (unpaired) electrons. The van der Waals surface area contributed by atoms with Crippen LogP contribution in [0.1, 0.15) is 43.2 Å². The van der Waals surface area contributed by atoms with E-state index < -0.39 is 6.04 Å². The Hall–Kier alpha value is -4.05. The number of H-pyrrole nitrogens is 1. The van der Waals surface area contributed by atoms with E-state index >= 15 is 0 Å². The first-order valence-corrected chi connectivity index (χ1v) is 11.7. The lowest BCUT2D eigenvalue weighted by atomic mass is 10.1. The van der Waals surface area contributed by atoms with Crippen molar-refractivity contribution in [3.05, 3.63) is 86.8 Å². The molecule has 0 spiro atoms. The highest BCUT2D eigenvalue weighted by Crippen LogP contribution is 2.40. The first kappa shape index (κ1) is 21.5. The Morgan fingerprint density at radius 3 is 2.83 bits per heavy atom. The van der Waals surface area contributed by atoms with Gasteiger partial charge in [0.15, 0.2) is 5.82 Å². The van der Waals surface area contributed by atoms with Gasteiger partial charge in [-0.2, -0.15) is 10.0 Å². The maximum atomic E-state index is 13.7. The number of fused-ring (bicyclic) bond motifs is 2. The number of anilines is 1. The second-order valence-corrected chi connectivity index (χ2v) is 9.00. The Labute approximate surface area is 204 Å². The fourth-order valence-electron chi connectivity index (χ4n) is 4.95. The predicted octanol–water partition coefficient (Wildman–Crippen LogP) is 4.58. The minimum atomic E-state index is -0.562. The summed E-state index contributed by atoms with van der Waals surface area (Å²) in [7, 11) is 0. The number of hydrogen-bond donors (Lipinski definition) is 1. The number of nitrogens with one attached hydrogen (secondary N) is 1. The second-order valence-electron chi connectivity index (χ2n) is 8.59. The highest BCUT2D eigenvalue weighted by atomic mass is 35.5. The third-order valence-corrected chi connectivity index (χ3v) is 6.89. The fourth-order valence-corrected chi connectivity index (χ4v) is 5.18. The van der Waals surface area contributed by atoms with Crippen LogP contribution in [0, 0.1) is 4.91 Å². The largest absolute Gasteiger partial charge is 0.346 e. The molecule has 4 aromatic heterocycles. The van der Waals surface area contributed by atoms with Crippen LogP contribution in [0.2, 0.25) is 5.02 Å². The van der Waals surface area contributed by atoms with Crippen LogP contribution in [0.25, 0.3) is 22.2 Å². The van der Waals surface area contributed by atoms with E-state index in [0.29, 0.717) is 40.1 Å². The number of benzene rings is 1. The van der Waals surface area contributed by atoms with E-state index in [0.717, 1.165) is 23.8 Å². The van der Waals surface area contributed by atoms with Gasteiger partial charge in [-0.05, 0) is 38.0 Å². The molecule has 2 atom stereocenters. The molecule has 0 bridgehead atoms. The summed E-state index contributed by atoms with van der Waals surface area (Å²) in [6.07, 6.45) is 6.60. The molecule has 10 nitrogen and oxygen atoms in total. The number of aromatic nitrogens is 6. The molecule has 6 rings (SSSR count). The van der Waals surface area contributed by atoms with Crippen LogP contribution >= 0.6 is 11.6 Å².